The van der Waals surface area contributed by atoms with Crippen molar-refractivity contribution in [1.82, 2.24) is 5.10 Å². The van der Waals surface area contributed by atoms with E-state index in [1.54, 1.807) is 5.55 Å². The van der Waals surface area contributed by atoms with Gasteiger partial charge < -0.3 is 0 Å². The lowest BCUT2D eigenvalue weighted by molar-refractivity contribution is 1.14. The second-order valence-corrected chi connectivity index (χ2v) is 1.16. The molecule has 1 rings (SSSR count). The fourth-order valence-corrected chi connectivity index (χ4v) is 0.354. The Hall–Kier alpha value is -0.310. The average Bonchev–Trinajstić information content (AvgIpc) is 1.76. The van der Waals surface area contributed by atoms with Crippen LogP contribution in [0, 0.1) is 0 Å². The summed E-state index contributed by atoms with van der Waals surface area (Å²) in [5.41, 5.74) is 4.17. The van der Waals surface area contributed by atoms with Crippen LogP contribution < -0.4 is 5.10 Å². The van der Waals surface area contributed by atoms with Crippen LogP contribution in [0.4, 0.5) is 0 Å². The Balaban J connectivity index is 2.61. The Morgan fingerprint density at radius 1 is 2.00 bits per heavy atom. The first-order valence-corrected chi connectivity index (χ1v) is 2.00. The monoisotopic (exact) mass is 85.0 g/mol. The zero-order chi connectivity index (χ0) is 3.54. The molecule has 0 atom stereocenters. The van der Waals surface area contributed by atoms with Gasteiger partial charge in [-0.2, -0.15) is 0 Å². The second kappa shape index (κ2) is 1.21. The third kappa shape index (κ3) is 0.479. The van der Waals surface area contributed by atoms with Crippen LogP contribution >= 0.6 is 11.8 Å². The van der Waals surface area contributed by atoms with Crippen LogP contribution in [-0.2, 0) is 0 Å². The lowest BCUT2D eigenvalue weighted by Crippen LogP contribution is -1.61. The van der Waals surface area contributed by atoms with Crippen molar-refractivity contribution in [3.8, 4) is 0 Å². The zero-order valence-electron chi connectivity index (χ0n) is 2.38. The molecule has 0 aromatic carbocycles. The third-order valence-electron chi connectivity index (χ3n) is 0.251. The number of thioether (sulfide) groups is 1. The van der Waals surface area contributed by atoms with Crippen LogP contribution in [0.2, 0.25) is 0 Å². The molecule has 0 aromatic heterocycles. The Bertz CT molecular complexity index is 65.7. The molecule has 0 spiro atoms. The summed E-state index contributed by atoms with van der Waals surface area (Å²) >= 11 is 1.37. The van der Waals surface area contributed by atoms with Crippen molar-refractivity contribution in [3.63, 3.8) is 0 Å². The van der Waals surface area contributed by atoms with E-state index in [0.29, 0.717) is 0 Å². The average molecular weight is 85.1 g/mol. The highest BCUT2D eigenvalue weighted by Gasteiger charge is 1.94. The van der Waals surface area contributed by atoms with Crippen LogP contribution in [0.3, 0.4) is 0 Å². The number of rotatable bonds is 0. The summed E-state index contributed by atoms with van der Waals surface area (Å²) in [6.07, 6.45) is 0. The van der Waals surface area contributed by atoms with Gasteiger partial charge in [-0.1, -0.05) is 0 Å². The van der Waals surface area contributed by atoms with Crippen molar-refractivity contribution in [2.45, 2.75) is 0 Å². The van der Waals surface area contributed by atoms with Gasteiger partial charge in [0.15, 0.2) is 0 Å². The van der Waals surface area contributed by atoms with Crippen LogP contribution in [-0.4, -0.2) is 11.1 Å². The Kier molecular flexibility index (Phi) is 0.705. The van der Waals surface area contributed by atoms with E-state index in [0.717, 1.165) is 0 Å². The van der Waals surface area contributed by atoms with E-state index in [-0.39, 0.29) is 0 Å². The highest BCUT2D eigenvalue weighted by Crippen LogP contribution is 1.87. The standard InChI is InChI=1S/C2HN2S/c1-3-4-2-5-1/h1H/q+1. The third-order valence-corrected chi connectivity index (χ3v) is 0.638. The highest BCUT2D eigenvalue weighted by atomic mass is 32.2. The normalized spacial score (nSPS) is 17.6. The molecule has 0 aromatic rings. The maximum atomic E-state index is 3.44. The number of hydrogen-bond donors (Lipinski definition) is 0. The molecule has 1 heterocycles. The zero-order valence-corrected chi connectivity index (χ0v) is 3.20. The van der Waals surface area contributed by atoms with Gasteiger partial charge in [0.05, 0.1) is 5.10 Å². The van der Waals surface area contributed by atoms with Crippen LogP contribution in [0.15, 0.2) is 5.10 Å². The topological polar surface area (TPSA) is 26.5 Å². The van der Waals surface area contributed by atoms with Gasteiger partial charge in [-0.15, -0.1) is 0 Å². The first kappa shape index (κ1) is 2.90. The lowest BCUT2D eigenvalue weighted by Gasteiger charge is -1.38. The molecule has 2 radical (unpaired) electrons. The molecule has 0 N–H and O–H groups in total. The Morgan fingerprint density at radius 3 is 3.20 bits per heavy atom. The molecule has 0 fully saturated rings. The fraction of sp³-hybridized carbons (Fsp3) is 0. The largest absolute Gasteiger partial charge is 0.318 e. The van der Waals surface area contributed by atoms with Crippen molar-refractivity contribution >= 4 is 22.9 Å². The molecule has 0 saturated heterocycles. The van der Waals surface area contributed by atoms with Gasteiger partial charge in [0.1, 0.15) is 0 Å². The molecular weight excluding hydrogens is 84.1 g/mol. The van der Waals surface area contributed by atoms with E-state index in [1.165, 1.54) is 11.8 Å². The predicted octanol–water partition coefficient (Wildman–Crippen LogP) is -0.0824. The number of nitrogens with zero attached hydrogens (tertiary/aromatic N) is 2. The van der Waals surface area contributed by atoms with E-state index >= 15 is 0 Å². The molecule has 1 aliphatic rings. The second-order valence-electron chi connectivity index (χ2n) is 0.530. The maximum absolute atomic E-state index is 3.44. The summed E-state index contributed by atoms with van der Waals surface area (Å²) in [5, 5.41) is 6.80. The molecule has 0 amide bonds. The van der Waals surface area contributed by atoms with Gasteiger partial charge in [0, 0.05) is 11.8 Å². The van der Waals surface area contributed by atoms with Crippen molar-refractivity contribution < 1.29 is 0 Å². The summed E-state index contributed by atoms with van der Waals surface area (Å²) in [6, 6.07) is 0. The van der Waals surface area contributed by atoms with E-state index in [2.05, 4.69) is 15.7 Å². The van der Waals surface area contributed by atoms with E-state index < -0.39 is 0 Å². The van der Waals surface area contributed by atoms with Crippen molar-refractivity contribution in [2.24, 2.45) is 5.10 Å². The quantitative estimate of drug-likeness (QED) is 0.404. The molecule has 3 heteroatoms. The van der Waals surface area contributed by atoms with Gasteiger partial charge in [-0.3, -0.25) is 0 Å². The first-order chi connectivity index (χ1) is 2.50. The van der Waals surface area contributed by atoms with Gasteiger partial charge >= 0.3 is 5.55 Å². The fourth-order valence-electron chi connectivity index (χ4n) is 0.118. The minimum atomic E-state index is 1.37. The van der Waals surface area contributed by atoms with Gasteiger partial charge in [-0.05, 0) is 0 Å². The molecule has 0 saturated carbocycles. The molecular formula is C2HN2S+. The van der Waals surface area contributed by atoms with E-state index in [4.69, 9.17) is 0 Å². The van der Waals surface area contributed by atoms with Gasteiger partial charge in [0.25, 0.3) is 0 Å². The minimum absolute atomic E-state index is 1.37. The molecule has 0 aliphatic carbocycles. The lowest BCUT2D eigenvalue weighted by atomic mass is 11.6. The predicted molar refractivity (Wildman–Crippen MR) is 23.2 cm³/mol. The van der Waals surface area contributed by atoms with Crippen molar-refractivity contribution in [3.05, 3.63) is 0 Å². The van der Waals surface area contributed by atoms with Gasteiger partial charge in [-0.25, -0.2) is 0 Å². The smallest absolute Gasteiger partial charge is 0.0109 e. The highest BCUT2D eigenvalue weighted by molar-refractivity contribution is 8.23. The summed E-state index contributed by atoms with van der Waals surface area (Å²) in [5.74, 6) is 0. The van der Waals surface area contributed by atoms with Crippen LogP contribution in [0.25, 0.3) is 0 Å². The maximum Gasteiger partial charge on any atom is 0.318 e. The summed E-state index contributed by atoms with van der Waals surface area (Å²) < 4.78 is 0. The van der Waals surface area contributed by atoms with Gasteiger partial charge in [0.2, 0.25) is 10.6 Å². The summed E-state index contributed by atoms with van der Waals surface area (Å²) in [4.78, 5) is 0. The molecule has 24 valence electrons. The van der Waals surface area contributed by atoms with Crippen molar-refractivity contribution in [1.29, 1.82) is 0 Å². The first-order valence-electron chi connectivity index (χ1n) is 1.12. The molecule has 0 unspecified atom stereocenters. The van der Waals surface area contributed by atoms with Crippen LogP contribution in [0.5, 0.6) is 0 Å². The Labute approximate surface area is 34.0 Å². The molecule has 2 nitrogen and oxygen atoms in total. The van der Waals surface area contributed by atoms with Crippen molar-refractivity contribution in [2.75, 3.05) is 0 Å². The Morgan fingerprint density at radius 2 is 3.00 bits per heavy atom. The number of hydrogen-bond acceptors (Lipinski definition) is 3. The summed E-state index contributed by atoms with van der Waals surface area (Å²) in [7, 11) is 0. The van der Waals surface area contributed by atoms with E-state index in [9.17, 15) is 0 Å². The molecule has 0 bridgehead atoms. The van der Waals surface area contributed by atoms with Crippen LogP contribution in [0.1, 0.15) is 0 Å². The minimum Gasteiger partial charge on any atom is 0.0109 e. The SMILES string of the molecule is [C]1=N[N+]=CS1. The molecule has 1 aliphatic heterocycles. The van der Waals surface area contributed by atoms with E-state index in [1.807, 2.05) is 0 Å². The molecule has 5 heavy (non-hydrogen) atoms. The summed E-state index contributed by atoms with van der Waals surface area (Å²) in [6.45, 7) is 0.